The zero-order valence-corrected chi connectivity index (χ0v) is 23.5. The normalized spacial score (nSPS) is 19.0. The Balaban J connectivity index is 1.50. The van der Waals surface area contributed by atoms with Gasteiger partial charge in [0.1, 0.15) is 21.6 Å². The van der Waals surface area contributed by atoms with E-state index in [4.69, 9.17) is 28.2 Å². The molecule has 39 heavy (non-hydrogen) atoms. The second kappa shape index (κ2) is 11.4. The second-order valence-electron chi connectivity index (χ2n) is 9.47. The Morgan fingerprint density at radius 3 is 2.74 bits per heavy atom. The summed E-state index contributed by atoms with van der Waals surface area (Å²) in [5, 5.41) is 19.5. The van der Waals surface area contributed by atoms with Gasteiger partial charge in [-0.1, -0.05) is 42.6 Å². The van der Waals surface area contributed by atoms with Crippen molar-refractivity contribution in [2.24, 2.45) is 0 Å². The molecule has 0 saturated heterocycles. The molecule has 2 aliphatic rings. The molecule has 3 heterocycles. The zero-order chi connectivity index (χ0) is 27.7. The number of aromatic hydroxyl groups is 1. The summed E-state index contributed by atoms with van der Waals surface area (Å²) in [4.78, 5) is 42.5. The van der Waals surface area contributed by atoms with Crippen LogP contribution in [0, 0.1) is 6.92 Å². The van der Waals surface area contributed by atoms with E-state index < -0.39 is 6.03 Å². The number of amides is 3. The lowest BCUT2D eigenvalue weighted by Gasteiger charge is -2.37. The minimum atomic E-state index is -0.412. The van der Waals surface area contributed by atoms with Crippen LogP contribution in [0.3, 0.4) is 0 Å². The van der Waals surface area contributed by atoms with Crippen molar-refractivity contribution in [3.8, 4) is 5.75 Å². The molecule has 1 aromatic carbocycles. The molecule has 1 aliphatic carbocycles. The summed E-state index contributed by atoms with van der Waals surface area (Å²) in [6.45, 7) is 5.55. The highest BCUT2D eigenvalue weighted by molar-refractivity contribution is 7.09. The van der Waals surface area contributed by atoms with E-state index in [0.29, 0.717) is 27.9 Å². The number of anilines is 3. The molecule has 5 rings (SSSR count). The largest absolute Gasteiger partial charge is 0.506 e. The van der Waals surface area contributed by atoms with Crippen LogP contribution in [0.5, 0.6) is 5.75 Å². The number of carbonyl (C=O) groups is 2. The number of phenolic OH excluding ortho intramolecular Hbond substituents is 1. The number of carbonyl (C=O) groups excluding carboxylic acids is 2. The second-order valence-corrected chi connectivity index (χ2v) is 11.2. The lowest BCUT2D eigenvalue weighted by atomic mass is 9.90. The summed E-state index contributed by atoms with van der Waals surface area (Å²) in [6, 6.07) is 0.883. The van der Waals surface area contributed by atoms with Crippen molar-refractivity contribution >= 4 is 63.9 Å². The molecular formula is C26H27Cl2N7O3S. The van der Waals surface area contributed by atoms with Gasteiger partial charge < -0.3 is 15.7 Å². The molecule has 10 nitrogen and oxygen atoms in total. The van der Waals surface area contributed by atoms with E-state index in [9.17, 15) is 14.7 Å². The predicted molar refractivity (Wildman–Crippen MR) is 153 cm³/mol. The van der Waals surface area contributed by atoms with Gasteiger partial charge in [0.05, 0.1) is 23.8 Å². The number of hydrogen-bond acceptors (Lipinski definition) is 8. The van der Waals surface area contributed by atoms with Gasteiger partial charge in [-0.3, -0.25) is 14.6 Å². The molecular weight excluding hydrogens is 561 g/mol. The Labute approximate surface area is 239 Å². The van der Waals surface area contributed by atoms with Gasteiger partial charge in [-0.15, -0.1) is 11.3 Å². The number of hydrogen-bond donors (Lipinski definition) is 3. The Morgan fingerprint density at radius 2 is 2.03 bits per heavy atom. The van der Waals surface area contributed by atoms with Crippen molar-refractivity contribution in [1.29, 1.82) is 0 Å². The molecule has 3 amide bonds. The SMILES string of the molecule is C=CC(=O)N[C@@H]1CCCC[C@@H]1Nc1ncc2c(n1)N(Cc1nccs1)C(=O)N(c1c(Cl)c(C)cc(O)c1Cl)C2. The topological polar surface area (TPSA) is 124 Å². The standard InChI is InChI=1S/C26H27Cl2N7O3S/c1-3-19(37)31-16-6-4-5-7-17(16)32-25-30-11-15-12-34(23-21(27)14(2)10-18(36)22(23)28)26(38)35(24(15)33-25)13-20-29-8-9-39-20/h3,8-11,16-17,36H,1,4-7,12-13H2,2H3,(H,31,37)(H,30,32,33)/t16-,17+/m1/s1. The van der Waals surface area contributed by atoms with Crippen molar-refractivity contribution in [1.82, 2.24) is 20.3 Å². The highest BCUT2D eigenvalue weighted by atomic mass is 35.5. The smallest absolute Gasteiger partial charge is 0.330 e. The van der Waals surface area contributed by atoms with Crippen LogP contribution >= 0.6 is 34.5 Å². The Morgan fingerprint density at radius 1 is 1.26 bits per heavy atom. The van der Waals surface area contributed by atoms with E-state index in [1.165, 1.54) is 33.3 Å². The van der Waals surface area contributed by atoms with E-state index in [1.807, 2.05) is 5.38 Å². The van der Waals surface area contributed by atoms with Crippen LogP contribution in [0.2, 0.25) is 10.0 Å². The van der Waals surface area contributed by atoms with Crippen molar-refractivity contribution in [2.75, 3.05) is 15.1 Å². The van der Waals surface area contributed by atoms with Gasteiger partial charge in [0, 0.05) is 35.4 Å². The maximum absolute atomic E-state index is 13.9. The highest BCUT2D eigenvalue weighted by Crippen LogP contribution is 2.44. The third-order valence-corrected chi connectivity index (χ3v) is 8.48. The third-order valence-electron chi connectivity index (χ3n) is 6.87. The van der Waals surface area contributed by atoms with Crippen molar-refractivity contribution in [2.45, 2.75) is 57.8 Å². The first kappa shape index (κ1) is 27.2. The first-order valence-electron chi connectivity index (χ1n) is 12.5. The predicted octanol–water partition coefficient (Wildman–Crippen LogP) is 5.43. The lowest BCUT2D eigenvalue weighted by Crippen LogP contribution is -2.49. The van der Waals surface area contributed by atoms with Crippen molar-refractivity contribution < 1.29 is 14.7 Å². The molecule has 1 saturated carbocycles. The average Bonchev–Trinajstić information content (AvgIpc) is 3.44. The fourth-order valence-electron chi connectivity index (χ4n) is 4.93. The number of nitrogens with one attached hydrogen (secondary N) is 2. The molecule has 2 aromatic heterocycles. The summed E-state index contributed by atoms with van der Waals surface area (Å²) in [5.41, 5.74) is 1.48. The Bertz CT molecular complexity index is 1390. The summed E-state index contributed by atoms with van der Waals surface area (Å²) in [5.74, 6) is 0.406. The number of urea groups is 1. The molecule has 0 spiro atoms. The van der Waals surface area contributed by atoms with Gasteiger partial charge in [0.2, 0.25) is 11.9 Å². The molecule has 204 valence electrons. The molecule has 1 aliphatic heterocycles. The monoisotopic (exact) mass is 587 g/mol. The van der Waals surface area contributed by atoms with Gasteiger partial charge in [0.25, 0.3) is 0 Å². The van der Waals surface area contributed by atoms with Gasteiger partial charge in [-0.05, 0) is 37.5 Å². The van der Waals surface area contributed by atoms with E-state index in [2.05, 4.69) is 27.2 Å². The number of halogens is 2. The molecule has 0 unspecified atom stereocenters. The third kappa shape index (κ3) is 5.52. The maximum atomic E-state index is 13.9. The molecule has 3 aromatic rings. The van der Waals surface area contributed by atoms with Crippen LogP contribution < -0.4 is 20.4 Å². The average molecular weight is 589 g/mol. The Hall–Kier alpha value is -3.41. The number of thiazole rings is 1. The van der Waals surface area contributed by atoms with Crippen LogP contribution in [0.25, 0.3) is 0 Å². The van der Waals surface area contributed by atoms with Crippen molar-refractivity contribution in [3.63, 3.8) is 0 Å². The first-order valence-corrected chi connectivity index (χ1v) is 14.1. The summed E-state index contributed by atoms with van der Waals surface area (Å²) in [6.07, 6.45) is 8.29. The van der Waals surface area contributed by atoms with Gasteiger partial charge in [-0.25, -0.2) is 14.8 Å². The fraction of sp³-hybridized carbons (Fsp3) is 0.346. The number of aryl methyl sites for hydroxylation is 1. The van der Waals surface area contributed by atoms with Crippen LogP contribution in [0.4, 0.5) is 22.2 Å². The molecule has 0 bridgehead atoms. The molecule has 2 atom stereocenters. The number of nitrogens with zero attached hydrogens (tertiary/aromatic N) is 5. The van der Waals surface area contributed by atoms with Gasteiger partial charge in [-0.2, -0.15) is 4.98 Å². The number of benzene rings is 1. The summed E-state index contributed by atoms with van der Waals surface area (Å²) < 4.78 is 0. The van der Waals surface area contributed by atoms with Gasteiger partial charge in [0.15, 0.2) is 0 Å². The van der Waals surface area contributed by atoms with Crippen molar-refractivity contribution in [3.05, 3.63) is 62.7 Å². The van der Waals surface area contributed by atoms with E-state index in [0.717, 1.165) is 25.7 Å². The van der Waals surface area contributed by atoms with Crippen LogP contribution in [0.15, 0.2) is 36.5 Å². The summed E-state index contributed by atoms with van der Waals surface area (Å²) in [7, 11) is 0. The minimum absolute atomic E-state index is 0.0132. The quantitative estimate of drug-likeness (QED) is 0.315. The number of aromatic nitrogens is 3. The number of rotatable bonds is 7. The van der Waals surface area contributed by atoms with Crippen LogP contribution in [-0.4, -0.2) is 44.1 Å². The molecule has 13 heteroatoms. The number of phenols is 1. The van der Waals surface area contributed by atoms with E-state index in [-0.39, 0.29) is 52.6 Å². The summed E-state index contributed by atoms with van der Waals surface area (Å²) >= 11 is 14.5. The molecule has 1 fully saturated rings. The maximum Gasteiger partial charge on any atom is 0.330 e. The van der Waals surface area contributed by atoms with Crippen LogP contribution in [-0.2, 0) is 17.9 Å². The fourth-order valence-corrected chi connectivity index (χ4v) is 6.08. The first-order chi connectivity index (χ1) is 18.8. The number of fused-ring (bicyclic) bond motifs is 1. The molecule has 3 N–H and O–H groups in total. The minimum Gasteiger partial charge on any atom is -0.506 e. The lowest BCUT2D eigenvalue weighted by molar-refractivity contribution is -0.117. The Kier molecular flexibility index (Phi) is 7.92. The van der Waals surface area contributed by atoms with Gasteiger partial charge >= 0.3 is 6.03 Å². The van der Waals surface area contributed by atoms with Crippen LogP contribution in [0.1, 0.15) is 41.8 Å². The molecule has 0 radical (unpaired) electrons. The zero-order valence-electron chi connectivity index (χ0n) is 21.2. The highest BCUT2D eigenvalue weighted by Gasteiger charge is 2.37. The van der Waals surface area contributed by atoms with E-state index in [1.54, 1.807) is 19.3 Å². The van der Waals surface area contributed by atoms with E-state index >= 15 is 0 Å².